The Morgan fingerprint density at radius 1 is 1.15 bits per heavy atom. The summed E-state index contributed by atoms with van der Waals surface area (Å²) in [7, 11) is 1.63. The molecule has 2 rings (SSSR count). The zero-order valence-corrected chi connectivity index (χ0v) is 14.3. The van der Waals surface area contributed by atoms with Gasteiger partial charge < -0.3 is 4.74 Å². The lowest BCUT2D eigenvalue weighted by Crippen LogP contribution is -1.98. The van der Waals surface area contributed by atoms with Crippen LogP contribution in [0.1, 0.15) is 27.1 Å². The van der Waals surface area contributed by atoms with Crippen molar-refractivity contribution in [2.24, 2.45) is 0 Å². The van der Waals surface area contributed by atoms with Gasteiger partial charge in [-0.25, -0.2) is 0 Å². The predicted molar refractivity (Wildman–Crippen MR) is 89.3 cm³/mol. The third kappa shape index (κ3) is 3.56. The van der Waals surface area contributed by atoms with Crippen LogP contribution in [0.3, 0.4) is 0 Å². The van der Waals surface area contributed by atoms with Gasteiger partial charge in [0.1, 0.15) is 5.75 Å². The lowest BCUT2D eigenvalue weighted by Gasteiger charge is -2.14. The first kappa shape index (κ1) is 15.4. The number of ether oxygens (including phenoxy) is 1. The van der Waals surface area contributed by atoms with Crippen molar-refractivity contribution in [3.63, 3.8) is 0 Å². The van der Waals surface area contributed by atoms with Gasteiger partial charge >= 0.3 is 0 Å². The molecule has 1 unspecified atom stereocenters. The fraction of sp³-hybridized carbons (Fsp3) is 0.294. The van der Waals surface area contributed by atoms with Crippen molar-refractivity contribution in [2.75, 3.05) is 7.11 Å². The van der Waals surface area contributed by atoms with Gasteiger partial charge in [-0.1, -0.05) is 57.4 Å². The highest BCUT2D eigenvalue weighted by Crippen LogP contribution is 2.33. The van der Waals surface area contributed by atoms with Crippen molar-refractivity contribution in [1.82, 2.24) is 0 Å². The molecule has 106 valence electrons. The van der Waals surface area contributed by atoms with Crippen molar-refractivity contribution in [3.8, 4) is 5.75 Å². The normalized spacial score (nSPS) is 12.2. The van der Waals surface area contributed by atoms with Crippen LogP contribution >= 0.6 is 27.5 Å². The molecule has 1 atom stereocenters. The average molecular weight is 354 g/mol. The summed E-state index contributed by atoms with van der Waals surface area (Å²) in [5.41, 5.74) is 5.13. The summed E-state index contributed by atoms with van der Waals surface area (Å²) in [4.78, 5) is 0.242. The summed E-state index contributed by atoms with van der Waals surface area (Å²) in [6.45, 7) is 4.27. The van der Waals surface area contributed by atoms with Crippen molar-refractivity contribution >= 4 is 27.5 Å². The van der Waals surface area contributed by atoms with Gasteiger partial charge in [-0.15, -0.1) is 0 Å². The second-order valence-electron chi connectivity index (χ2n) is 5.00. The number of hydrogen-bond acceptors (Lipinski definition) is 1. The number of aryl methyl sites for hydroxylation is 2. The smallest absolute Gasteiger partial charge is 0.137 e. The lowest BCUT2D eigenvalue weighted by atomic mass is 9.98. The molecular formula is C17H18BrClO. The standard InChI is InChI=1S/C17H18BrClO/c1-11-4-5-12(2)14(8-11)9-15(18)13-6-7-17(20-3)16(19)10-13/h4-8,10,15H,9H2,1-3H3. The molecule has 0 spiro atoms. The number of methoxy groups -OCH3 is 1. The molecule has 0 heterocycles. The maximum atomic E-state index is 6.19. The van der Waals surface area contributed by atoms with Crippen LogP contribution in [0, 0.1) is 13.8 Å². The van der Waals surface area contributed by atoms with E-state index >= 15 is 0 Å². The zero-order chi connectivity index (χ0) is 14.7. The largest absolute Gasteiger partial charge is 0.495 e. The van der Waals surface area contributed by atoms with Crippen LogP contribution < -0.4 is 4.74 Å². The molecule has 2 aromatic rings. The predicted octanol–water partition coefficient (Wildman–Crippen LogP) is 5.64. The Hall–Kier alpha value is -0.990. The molecule has 0 bridgehead atoms. The molecule has 0 saturated heterocycles. The highest BCUT2D eigenvalue weighted by atomic mass is 79.9. The Balaban J connectivity index is 2.21. The van der Waals surface area contributed by atoms with Gasteiger partial charge in [-0.05, 0) is 49.1 Å². The van der Waals surface area contributed by atoms with Crippen LogP contribution in [-0.2, 0) is 6.42 Å². The van der Waals surface area contributed by atoms with Crippen LogP contribution in [0.4, 0.5) is 0 Å². The molecule has 0 aliphatic carbocycles. The van der Waals surface area contributed by atoms with Gasteiger partial charge in [-0.3, -0.25) is 0 Å². The van der Waals surface area contributed by atoms with Crippen LogP contribution in [0.5, 0.6) is 5.75 Å². The molecule has 0 aromatic heterocycles. The second kappa shape index (κ2) is 6.64. The first-order valence-corrected chi connectivity index (χ1v) is 7.84. The molecule has 0 amide bonds. The van der Waals surface area contributed by atoms with E-state index in [0.717, 1.165) is 12.0 Å². The lowest BCUT2D eigenvalue weighted by molar-refractivity contribution is 0.415. The SMILES string of the molecule is COc1ccc(C(Br)Cc2cc(C)ccc2C)cc1Cl. The fourth-order valence-corrected chi connectivity index (χ4v) is 3.11. The summed E-state index contributed by atoms with van der Waals surface area (Å²) in [6.07, 6.45) is 0.941. The molecule has 0 fully saturated rings. The molecule has 0 aliphatic rings. The second-order valence-corrected chi connectivity index (χ2v) is 6.51. The number of benzene rings is 2. The van der Waals surface area contributed by atoms with E-state index in [1.54, 1.807) is 7.11 Å². The topological polar surface area (TPSA) is 9.23 Å². The van der Waals surface area contributed by atoms with Crippen molar-refractivity contribution in [3.05, 3.63) is 63.7 Å². The Morgan fingerprint density at radius 2 is 1.90 bits per heavy atom. The van der Waals surface area contributed by atoms with E-state index in [1.807, 2.05) is 12.1 Å². The van der Waals surface area contributed by atoms with Gasteiger partial charge in [0.2, 0.25) is 0 Å². The Bertz CT molecular complexity index is 610. The number of alkyl halides is 1. The van der Waals surface area contributed by atoms with Crippen LogP contribution in [-0.4, -0.2) is 7.11 Å². The first-order chi connectivity index (χ1) is 9.51. The summed E-state index contributed by atoms with van der Waals surface area (Å²) in [6, 6.07) is 12.5. The fourth-order valence-electron chi connectivity index (χ4n) is 2.21. The van der Waals surface area contributed by atoms with Gasteiger partial charge in [-0.2, -0.15) is 0 Å². The Morgan fingerprint density at radius 3 is 2.55 bits per heavy atom. The van der Waals surface area contributed by atoms with E-state index in [0.29, 0.717) is 10.8 Å². The van der Waals surface area contributed by atoms with E-state index in [2.05, 4.69) is 54.0 Å². The molecule has 20 heavy (non-hydrogen) atoms. The minimum absolute atomic E-state index is 0.242. The van der Waals surface area contributed by atoms with Gasteiger partial charge in [0.25, 0.3) is 0 Å². The third-order valence-electron chi connectivity index (χ3n) is 3.44. The number of halogens is 2. The molecule has 0 aliphatic heterocycles. The maximum absolute atomic E-state index is 6.19. The van der Waals surface area contributed by atoms with E-state index in [-0.39, 0.29) is 4.83 Å². The van der Waals surface area contributed by atoms with E-state index in [1.165, 1.54) is 16.7 Å². The molecule has 3 heteroatoms. The van der Waals surface area contributed by atoms with E-state index < -0.39 is 0 Å². The van der Waals surface area contributed by atoms with Gasteiger partial charge in [0.05, 0.1) is 12.1 Å². The molecule has 0 N–H and O–H groups in total. The number of rotatable bonds is 4. The highest BCUT2D eigenvalue weighted by molar-refractivity contribution is 9.09. The summed E-state index contributed by atoms with van der Waals surface area (Å²) in [5.74, 6) is 0.710. The van der Waals surface area contributed by atoms with Crippen LogP contribution in [0.25, 0.3) is 0 Å². The Kier molecular flexibility index (Phi) is 5.11. The average Bonchev–Trinajstić information content (AvgIpc) is 2.42. The summed E-state index contributed by atoms with van der Waals surface area (Å²) in [5, 5.41) is 0.649. The van der Waals surface area contributed by atoms with Crippen LogP contribution in [0.2, 0.25) is 5.02 Å². The number of hydrogen-bond donors (Lipinski definition) is 0. The molecule has 1 nitrogen and oxygen atoms in total. The minimum atomic E-state index is 0.242. The zero-order valence-electron chi connectivity index (χ0n) is 11.9. The van der Waals surface area contributed by atoms with Crippen molar-refractivity contribution in [2.45, 2.75) is 25.1 Å². The Labute approximate surface area is 134 Å². The van der Waals surface area contributed by atoms with Crippen molar-refractivity contribution in [1.29, 1.82) is 0 Å². The van der Waals surface area contributed by atoms with Gasteiger partial charge in [0.15, 0.2) is 0 Å². The van der Waals surface area contributed by atoms with E-state index in [4.69, 9.17) is 16.3 Å². The molecule has 0 radical (unpaired) electrons. The summed E-state index contributed by atoms with van der Waals surface area (Å²) < 4.78 is 5.19. The van der Waals surface area contributed by atoms with E-state index in [9.17, 15) is 0 Å². The summed E-state index contributed by atoms with van der Waals surface area (Å²) >= 11 is 9.95. The third-order valence-corrected chi connectivity index (χ3v) is 4.59. The molecule has 0 saturated carbocycles. The maximum Gasteiger partial charge on any atom is 0.137 e. The quantitative estimate of drug-likeness (QED) is 0.646. The van der Waals surface area contributed by atoms with Gasteiger partial charge in [0, 0.05) is 4.83 Å². The van der Waals surface area contributed by atoms with Crippen molar-refractivity contribution < 1.29 is 4.74 Å². The highest BCUT2D eigenvalue weighted by Gasteiger charge is 2.12. The first-order valence-electron chi connectivity index (χ1n) is 6.55. The minimum Gasteiger partial charge on any atom is -0.495 e. The van der Waals surface area contributed by atoms with Crippen LogP contribution in [0.15, 0.2) is 36.4 Å². The monoisotopic (exact) mass is 352 g/mol. The molecule has 2 aromatic carbocycles. The molecular weight excluding hydrogens is 336 g/mol.